The van der Waals surface area contributed by atoms with Gasteiger partial charge in [0.05, 0.1) is 5.92 Å². The summed E-state index contributed by atoms with van der Waals surface area (Å²) in [5, 5.41) is 11.8. The maximum Gasteiger partial charge on any atom is 0.407 e. The molecule has 1 saturated heterocycles. The van der Waals surface area contributed by atoms with Crippen molar-refractivity contribution in [2.75, 3.05) is 19.7 Å². The molecule has 2 aliphatic rings. The number of rotatable bonds is 6. The molecular formula is C25H28N2O5. The number of carbonyl (C=O) groups excluding carboxylic acids is 2. The third-order valence-corrected chi connectivity index (χ3v) is 6.50. The number of alkyl carbamates (subject to hydrolysis) is 1. The molecule has 2 aromatic carbocycles. The van der Waals surface area contributed by atoms with E-state index in [1.54, 1.807) is 4.90 Å². The number of nitrogens with one attached hydrogen (secondary N) is 1. The van der Waals surface area contributed by atoms with Crippen LogP contribution < -0.4 is 5.32 Å². The highest BCUT2D eigenvalue weighted by atomic mass is 16.5. The molecule has 0 aromatic heterocycles. The molecule has 1 heterocycles. The Morgan fingerprint density at radius 1 is 1.06 bits per heavy atom. The maximum atomic E-state index is 12.5. The zero-order valence-corrected chi connectivity index (χ0v) is 18.1. The first-order valence-corrected chi connectivity index (χ1v) is 11.1. The van der Waals surface area contributed by atoms with Gasteiger partial charge in [0.25, 0.3) is 0 Å². The monoisotopic (exact) mass is 436 g/mol. The summed E-state index contributed by atoms with van der Waals surface area (Å²) in [5.41, 5.74) is 4.64. The van der Waals surface area contributed by atoms with Crippen molar-refractivity contribution in [3.8, 4) is 11.1 Å². The van der Waals surface area contributed by atoms with Crippen LogP contribution in [0.15, 0.2) is 48.5 Å². The number of piperidine rings is 1. The van der Waals surface area contributed by atoms with E-state index in [9.17, 15) is 14.4 Å². The lowest BCUT2D eigenvalue weighted by atomic mass is 9.91. The number of amides is 2. The highest BCUT2D eigenvalue weighted by molar-refractivity contribution is 5.80. The van der Waals surface area contributed by atoms with Crippen LogP contribution in [0.2, 0.25) is 0 Å². The second-order valence-corrected chi connectivity index (χ2v) is 8.50. The Bertz CT molecular complexity index is 975. The molecule has 0 spiro atoms. The minimum Gasteiger partial charge on any atom is -0.481 e. The van der Waals surface area contributed by atoms with E-state index in [4.69, 9.17) is 9.84 Å². The zero-order chi connectivity index (χ0) is 22.7. The zero-order valence-electron chi connectivity index (χ0n) is 18.1. The number of carbonyl (C=O) groups is 3. The van der Waals surface area contributed by atoms with Crippen LogP contribution in [0.1, 0.15) is 43.2 Å². The average Bonchev–Trinajstić information content (AvgIpc) is 3.11. The molecule has 2 N–H and O–H groups in total. The number of aliphatic carboxylic acids is 1. The van der Waals surface area contributed by atoms with Crippen molar-refractivity contribution < 1.29 is 24.2 Å². The van der Waals surface area contributed by atoms with Gasteiger partial charge in [-0.2, -0.15) is 0 Å². The van der Waals surface area contributed by atoms with E-state index in [0.717, 1.165) is 11.1 Å². The average molecular weight is 437 g/mol. The Morgan fingerprint density at radius 3 is 2.28 bits per heavy atom. The first kappa shape index (κ1) is 21.9. The van der Waals surface area contributed by atoms with Gasteiger partial charge in [0.1, 0.15) is 6.61 Å². The minimum atomic E-state index is -0.805. The number of carboxylic acids is 1. The second kappa shape index (κ2) is 9.42. The molecule has 1 aliphatic carbocycles. The van der Waals surface area contributed by atoms with E-state index < -0.39 is 18.0 Å². The lowest BCUT2D eigenvalue weighted by molar-refractivity contribution is -0.147. The van der Waals surface area contributed by atoms with Gasteiger partial charge in [0.2, 0.25) is 5.91 Å². The molecular weight excluding hydrogens is 408 g/mol. The van der Waals surface area contributed by atoms with Crippen LogP contribution in [0.25, 0.3) is 11.1 Å². The first-order valence-electron chi connectivity index (χ1n) is 11.1. The summed E-state index contributed by atoms with van der Waals surface area (Å²) in [6.07, 6.45) is 0.538. The number of hydrogen-bond acceptors (Lipinski definition) is 4. The van der Waals surface area contributed by atoms with Gasteiger partial charge >= 0.3 is 12.1 Å². The lowest BCUT2D eigenvalue weighted by Gasteiger charge is -2.36. The van der Waals surface area contributed by atoms with E-state index in [0.29, 0.717) is 19.4 Å². The van der Waals surface area contributed by atoms with Crippen molar-refractivity contribution in [2.24, 2.45) is 5.92 Å². The number of fused-ring (bicyclic) bond motifs is 3. The molecule has 32 heavy (non-hydrogen) atoms. The number of nitrogens with zero attached hydrogens (tertiary/aromatic N) is 1. The van der Waals surface area contributed by atoms with Crippen molar-refractivity contribution in [3.63, 3.8) is 0 Å². The second-order valence-electron chi connectivity index (χ2n) is 8.50. The third-order valence-electron chi connectivity index (χ3n) is 6.50. The summed E-state index contributed by atoms with van der Waals surface area (Å²) in [6.45, 7) is 2.71. The Kier molecular flexibility index (Phi) is 6.44. The quantitative estimate of drug-likeness (QED) is 0.721. The molecule has 1 aliphatic heterocycles. The molecule has 2 aromatic rings. The molecule has 0 bridgehead atoms. The fraction of sp³-hybridized carbons (Fsp3) is 0.400. The summed E-state index contributed by atoms with van der Waals surface area (Å²) in [5.74, 6) is -1.29. The van der Waals surface area contributed by atoms with Gasteiger partial charge in [0, 0.05) is 31.5 Å². The Labute approximate surface area is 187 Å². The first-order chi connectivity index (χ1) is 15.5. The van der Waals surface area contributed by atoms with Crippen LogP contribution in [0.5, 0.6) is 0 Å². The molecule has 0 saturated carbocycles. The van der Waals surface area contributed by atoms with Gasteiger partial charge in [-0.15, -0.1) is 0 Å². The van der Waals surface area contributed by atoms with Crippen molar-refractivity contribution in [2.45, 2.75) is 38.1 Å². The lowest BCUT2D eigenvalue weighted by Crippen LogP contribution is -2.46. The molecule has 168 valence electrons. The molecule has 2 amide bonds. The van der Waals surface area contributed by atoms with Gasteiger partial charge in [-0.1, -0.05) is 48.5 Å². The molecule has 0 radical (unpaired) electrons. The van der Waals surface area contributed by atoms with E-state index >= 15 is 0 Å². The molecule has 4 rings (SSSR count). The van der Waals surface area contributed by atoms with Crippen LogP contribution in [0.4, 0.5) is 4.79 Å². The van der Waals surface area contributed by atoms with Crippen molar-refractivity contribution >= 4 is 18.0 Å². The standard InChI is InChI=1S/C25H28N2O5/c1-16-14-17(24(29)30)11-13-27(16)23(28)10-12-26-25(31)32-15-22-20-8-4-2-6-18(20)19-7-3-5-9-21(19)22/h2-9,16-17,22H,10-15H2,1H3,(H,26,31)(H,29,30)/t16-,17-/m1/s1. The molecule has 7 heteroatoms. The topological polar surface area (TPSA) is 95.9 Å². The van der Waals surface area contributed by atoms with Gasteiger partial charge in [-0.3, -0.25) is 9.59 Å². The van der Waals surface area contributed by atoms with Gasteiger partial charge in [-0.05, 0) is 42.0 Å². The number of ether oxygens (including phenoxy) is 1. The predicted octanol–water partition coefficient (Wildman–Crippen LogP) is 3.63. The van der Waals surface area contributed by atoms with Crippen molar-refractivity contribution in [1.82, 2.24) is 10.2 Å². The van der Waals surface area contributed by atoms with Crippen molar-refractivity contribution in [1.29, 1.82) is 0 Å². The van der Waals surface area contributed by atoms with Crippen LogP contribution in [0, 0.1) is 5.92 Å². The Balaban J connectivity index is 1.25. The van der Waals surface area contributed by atoms with Crippen molar-refractivity contribution in [3.05, 3.63) is 59.7 Å². The van der Waals surface area contributed by atoms with E-state index in [1.165, 1.54) is 11.1 Å². The smallest absolute Gasteiger partial charge is 0.407 e. The normalized spacial score (nSPS) is 19.7. The van der Waals surface area contributed by atoms with E-state index in [-0.39, 0.29) is 37.4 Å². The Hall–Kier alpha value is -3.35. The minimum absolute atomic E-state index is 0.00818. The molecule has 2 atom stereocenters. The number of hydrogen-bond donors (Lipinski definition) is 2. The maximum absolute atomic E-state index is 12.5. The predicted molar refractivity (Wildman–Crippen MR) is 119 cm³/mol. The van der Waals surface area contributed by atoms with Crippen LogP contribution in [-0.2, 0) is 14.3 Å². The van der Waals surface area contributed by atoms with Gasteiger partial charge in [-0.25, -0.2) is 4.79 Å². The summed E-state index contributed by atoms with van der Waals surface area (Å²) in [4.78, 5) is 37.6. The summed E-state index contributed by atoms with van der Waals surface area (Å²) in [7, 11) is 0. The van der Waals surface area contributed by atoms with Gasteiger partial charge < -0.3 is 20.1 Å². The van der Waals surface area contributed by atoms with Crippen LogP contribution >= 0.6 is 0 Å². The van der Waals surface area contributed by atoms with Crippen LogP contribution in [-0.4, -0.2) is 53.7 Å². The highest BCUT2D eigenvalue weighted by Gasteiger charge is 2.32. The summed E-state index contributed by atoms with van der Waals surface area (Å²) >= 11 is 0. The molecule has 0 unspecified atom stereocenters. The van der Waals surface area contributed by atoms with Gasteiger partial charge in [0.15, 0.2) is 0 Å². The number of carboxylic acid groups (broad SMARTS) is 1. The molecule has 1 fully saturated rings. The largest absolute Gasteiger partial charge is 0.481 e. The SMILES string of the molecule is C[C@@H]1C[C@H](C(=O)O)CCN1C(=O)CCNC(=O)OCC1c2ccccc2-c2ccccc21. The van der Waals surface area contributed by atoms with E-state index in [1.807, 2.05) is 31.2 Å². The van der Waals surface area contributed by atoms with Crippen LogP contribution in [0.3, 0.4) is 0 Å². The highest BCUT2D eigenvalue weighted by Crippen LogP contribution is 2.44. The summed E-state index contributed by atoms with van der Waals surface area (Å²) < 4.78 is 5.49. The number of benzene rings is 2. The fourth-order valence-corrected chi connectivity index (χ4v) is 4.83. The molecule has 7 nitrogen and oxygen atoms in total. The Morgan fingerprint density at radius 2 is 1.69 bits per heavy atom. The van der Waals surface area contributed by atoms with E-state index in [2.05, 4.69) is 29.6 Å². The summed E-state index contributed by atoms with van der Waals surface area (Å²) in [6, 6.07) is 16.2. The third kappa shape index (κ3) is 4.47. The number of likely N-dealkylation sites (tertiary alicyclic amines) is 1. The fourth-order valence-electron chi connectivity index (χ4n) is 4.83.